The third-order valence-corrected chi connectivity index (χ3v) is 4.71. The van der Waals surface area contributed by atoms with E-state index in [2.05, 4.69) is 10.1 Å². The number of aromatic nitrogens is 2. The second-order valence-electron chi connectivity index (χ2n) is 3.97. The summed E-state index contributed by atoms with van der Waals surface area (Å²) in [6.45, 7) is 0. The van der Waals surface area contributed by atoms with Crippen molar-refractivity contribution >= 4 is 40.4 Å². The molecule has 1 aromatic carbocycles. The van der Waals surface area contributed by atoms with Gasteiger partial charge in [-0.25, -0.2) is 0 Å². The molecule has 2 N–H and O–H groups in total. The quantitative estimate of drug-likeness (QED) is 0.572. The molecule has 0 spiro atoms. The van der Waals surface area contributed by atoms with Gasteiger partial charge >= 0.3 is 0 Å². The van der Waals surface area contributed by atoms with E-state index in [1.165, 1.54) is 0 Å². The van der Waals surface area contributed by atoms with Crippen molar-refractivity contribution in [3.63, 3.8) is 0 Å². The van der Waals surface area contributed by atoms with E-state index in [4.69, 9.17) is 21.9 Å². The molecular weight excluding hydrogens is 314 g/mol. The fraction of sp³-hybridized carbons (Fsp3) is 0.0769. The van der Waals surface area contributed by atoms with E-state index in [0.717, 1.165) is 9.77 Å². The summed E-state index contributed by atoms with van der Waals surface area (Å²) >= 11 is 9.14. The second kappa shape index (κ2) is 5.87. The van der Waals surface area contributed by atoms with Crippen molar-refractivity contribution in [1.29, 1.82) is 0 Å². The Morgan fingerprint density at radius 3 is 3.00 bits per heavy atom. The molecule has 3 rings (SSSR count). The molecule has 20 heavy (non-hydrogen) atoms. The van der Waals surface area contributed by atoms with Crippen LogP contribution in [0, 0.1) is 0 Å². The Morgan fingerprint density at radius 1 is 1.35 bits per heavy atom. The summed E-state index contributed by atoms with van der Waals surface area (Å²) in [5.41, 5.74) is 6.25. The van der Waals surface area contributed by atoms with Crippen molar-refractivity contribution in [2.45, 2.75) is 10.6 Å². The predicted molar refractivity (Wildman–Crippen MR) is 83.0 cm³/mol. The summed E-state index contributed by atoms with van der Waals surface area (Å²) in [6, 6.07) is 9.45. The van der Waals surface area contributed by atoms with Gasteiger partial charge in [-0.3, -0.25) is 0 Å². The first-order chi connectivity index (χ1) is 9.72. The number of rotatable bonds is 4. The Kier molecular flexibility index (Phi) is 3.95. The molecule has 0 aliphatic rings. The Hall–Kier alpha value is -1.50. The van der Waals surface area contributed by atoms with Crippen molar-refractivity contribution in [2.24, 2.45) is 0 Å². The van der Waals surface area contributed by atoms with E-state index in [9.17, 15) is 0 Å². The molecule has 0 unspecified atom stereocenters. The number of nitrogen functional groups attached to an aromatic ring is 1. The zero-order valence-corrected chi connectivity index (χ0v) is 12.6. The van der Waals surface area contributed by atoms with E-state index in [0.29, 0.717) is 28.2 Å². The van der Waals surface area contributed by atoms with Gasteiger partial charge in [0.1, 0.15) is 0 Å². The van der Waals surface area contributed by atoms with Crippen LogP contribution in [0.15, 0.2) is 45.1 Å². The van der Waals surface area contributed by atoms with Crippen LogP contribution in [0.3, 0.4) is 0 Å². The maximum absolute atomic E-state index is 5.98. The van der Waals surface area contributed by atoms with Gasteiger partial charge in [0.25, 0.3) is 5.89 Å². The number of thiophene rings is 1. The average molecular weight is 324 g/mol. The minimum Gasteiger partial charge on any atom is -0.398 e. The minimum atomic E-state index is 0.558. The molecule has 102 valence electrons. The number of nitrogens with zero attached hydrogens (tertiary/aromatic N) is 2. The molecule has 3 aromatic rings. The van der Waals surface area contributed by atoms with Gasteiger partial charge in [0.2, 0.25) is 0 Å². The van der Waals surface area contributed by atoms with Crippen molar-refractivity contribution in [3.8, 4) is 10.8 Å². The van der Waals surface area contributed by atoms with Gasteiger partial charge in [0, 0.05) is 4.90 Å². The normalized spacial score (nSPS) is 10.8. The standard InChI is InChI=1S/C13H10ClN3OS2/c14-9-6-8(3-4-10(9)15)20-7-12-16-13(18-17-12)11-2-1-5-19-11/h1-6H,7,15H2. The molecule has 2 heterocycles. The first-order valence-corrected chi connectivity index (χ1v) is 8.01. The van der Waals surface area contributed by atoms with Gasteiger partial charge in [0.05, 0.1) is 21.3 Å². The highest BCUT2D eigenvalue weighted by molar-refractivity contribution is 7.98. The Labute approximate surface area is 129 Å². The molecule has 0 radical (unpaired) electrons. The van der Waals surface area contributed by atoms with Crippen LogP contribution in [0.4, 0.5) is 5.69 Å². The molecule has 0 atom stereocenters. The number of anilines is 1. The van der Waals surface area contributed by atoms with E-state index in [-0.39, 0.29) is 0 Å². The molecule has 0 fully saturated rings. The molecule has 0 amide bonds. The number of benzene rings is 1. The summed E-state index contributed by atoms with van der Waals surface area (Å²) in [5, 5.41) is 6.50. The third kappa shape index (κ3) is 2.98. The highest BCUT2D eigenvalue weighted by atomic mass is 35.5. The maximum atomic E-state index is 5.98. The fourth-order valence-corrected chi connectivity index (χ4v) is 3.23. The number of nitrogens with two attached hydrogens (primary N) is 1. The number of hydrogen-bond acceptors (Lipinski definition) is 6. The molecule has 4 nitrogen and oxygen atoms in total. The zero-order valence-electron chi connectivity index (χ0n) is 10.2. The highest BCUT2D eigenvalue weighted by Crippen LogP contribution is 2.29. The minimum absolute atomic E-state index is 0.558. The van der Waals surface area contributed by atoms with Gasteiger partial charge in [0.15, 0.2) is 5.82 Å². The molecule has 2 aromatic heterocycles. The monoisotopic (exact) mass is 323 g/mol. The summed E-state index contributed by atoms with van der Waals surface area (Å²) in [4.78, 5) is 6.36. The van der Waals surface area contributed by atoms with Crippen LogP contribution in [0.25, 0.3) is 10.8 Å². The van der Waals surface area contributed by atoms with Crippen molar-refractivity contribution in [3.05, 3.63) is 46.6 Å². The smallest absolute Gasteiger partial charge is 0.268 e. The van der Waals surface area contributed by atoms with Gasteiger partial charge in [-0.05, 0) is 29.6 Å². The lowest BCUT2D eigenvalue weighted by atomic mass is 10.3. The summed E-state index contributed by atoms with van der Waals surface area (Å²) < 4.78 is 5.23. The van der Waals surface area contributed by atoms with E-state index >= 15 is 0 Å². The molecule has 0 aliphatic carbocycles. The van der Waals surface area contributed by atoms with E-state index < -0.39 is 0 Å². The predicted octanol–water partition coefficient (Wildman–Crippen LogP) is 4.33. The van der Waals surface area contributed by atoms with Crippen LogP contribution in [-0.4, -0.2) is 10.1 Å². The van der Waals surface area contributed by atoms with Crippen LogP contribution in [0.1, 0.15) is 5.82 Å². The number of halogens is 1. The largest absolute Gasteiger partial charge is 0.398 e. The molecule has 0 saturated heterocycles. The Balaban J connectivity index is 1.68. The first-order valence-electron chi connectivity index (χ1n) is 5.76. The number of thioether (sulfide) groups is 1. The van der Waals surface area contributed by atoms with E-state index in [1.54, 1.807) is 29.2 Å². The summed E-state index contributed by atoms with van der Waals surface area (Å²) in [5.74, 6) is 1.84. The zero-order chi connectivity index (χ0) is 13.9. The molecule has 0 bridgehead atoms. The molecule has 0 saturated carbocycles. The van der Waals surface area contributed by atoms with Crippen molar-refractivity contribution in [2.75, 3.05) is 5.73 Å². The Bertz CT molecular complexity index is 712. The lowest BCUT2D eigenvalue weighted by Crippen LogP contribution is -1.87. The SMILES string of the molecule is Nc1ccc(SCc2noc(-c3cccs3)n2)cc1Cl. The molecule has 7 heteroatoms. The van der Waals surface area contributed by atoms with Gasteiger partial charge < -0.3 is 10.3 Å². The van der Waals surface area contributed by atoms with Crippen LogP contribution < -0.4 is 5.73 Å². The number of hydrogen-bond donors (Lipinski definition) is 1. The van der Waals surface area contributed by atoms with Crippen molar-refractivity contribution in [1.82, 2.24) is 10.1 Å². The molecular formula is C13H10ClN3OS2. The summed E-state index contributed by atoms with van der Waals surface area (Å²) in [7, 11) is 0. The van der Waals surface area contributed by atoms with Crippen LogP contribution in [0.2, 0.25) is 5.02 Å². The Morgan fingerprint density at radius 2 is 2.25 bits per heavy atom. The van der Waals surface area contributed by atoms with E-state index in [1.807, 2.05) is 29.6 Å². The maximum Gasteiger partial charge on any atom is 0.268 e. The lowest BCUT2D eigenvalue weighted by Gasteiger charge is -2.01. The summed E-state index contributed by atoms with van der Waals surface area (Å²) in [6.07, 6.45) is 0. The second-order valence-corrected chi connectivity index (χ2v) is 6.37. The highest BCUT2D eigenvalue weighted by Gasteiger charge is 2.10. The van der Waals surface area contributed by atoms with Crippen LogP contribution in [-0.2, 0) is 5.75 Å². The van der Waals surface area contributed by atoms with Gasteiger partial charge in [-0.1, -0.05) is 22.8 Å². The first kappa shape index (κ1) is 13.5. The van der Waals surface area contributed by atoms with Gasteiger partial charge in [-0.2, -0.15) is 4.98 Å². The third-order valence-electron chi connectivity index (χ3n) is 2.54. The van der Waals surface area contributed by atoms with Gasteiger partial charge in [-0.15, -0.1) is 23.1 Å². The van der Waals surface area contributed by atoms with Crippen molar-refractivity contribution < 1.29 is 4.52 Å². The fourth-order valence-electron chi connectivity index (χ4n) is 1.56. The topological polar surface area (TPSA) is 64.9 Å². The average Bonchev–Trinajstić information content (AvgIpc) is 3.09. The molecule has 0 aliphatic heterocycles. The van der Waals surface area contributed by atoms with Crippen LogP contribution in [0.5, 0.6) is 0 Å². The lowest BCUT2D eigenvalue weighted by molar-refractivity contribution is 0.426. The van der Waals surface area contributed by atoms with Crippen LogP contribution >= 0.6 is 34.7 Å².